The molecule has 0 aromatic heterocycles. The van der Waals surface area contributed by atoms with E-state index in [0.717, 1.165) is 10.0 Å². The number of hydrazine groups is 1. The first kappa shape index (κ1) is 16.0. The predicted octanol–water partition coefficient (Wildman–Crippen LogP) is 3.31. The van der Waals surface area contributed by atoms with Crippen LogP contribution in [0.25, 0.3) is 5.70 Å². The van der Waals surface area contributed by atoms with Gasteiger partial charge in [0.05, 0.1) is 5.70 Å². The smallest absolute Gasteiger partial charge is 0.269 e. The minimum atomic E-state index is -0.285. The van der Waals surface area contributed by atoms with Gasteiger partial charge in [-0.2, -0.15) is 0 Å². The molecule has 2 N–H and O–H groups in total. The van der Waals surface area contributed by atoms with E-state index in [1.165, 1.54) is 13.0 Å². The highest BCUT2D eigenvalue weighted by Crippen LogP contribution is 2.12. The number of amides is 1. The molecule has 0 radical (unpaired) electrons. The van der Waals surface area contributed by atoms with Crippen LogP contribution in [0.5, 0.6) is 0 Å². The Kier molecular flexibility index (Phi) is 5.49. The largest absolute Gasteiger partial charge is 0.298 e. The highest BCUT2D eigenvalue weighted by Gasteiger charge is 2.07. The third-order valence-electron chi connectivity index (χ3n) is 2.83. The fraction of sp³-hybridized carbons (Fsp3) is 0.0588. The van der Waals surface area contributed by atoms with E-state index in [4.69, 9.17) is 0 Å². The van der Waals surface area contributed by atoms with Gasteiger partial charge in [-0.05, 0) is 30.7 Å². The summed E-state index contributed by atoms with van der Waals surface area (Å²) in [6, 6.07) is 16.4. The van der Waals surface area contributed by atoms with Gasteiger partial charge in [0.15, 0.2) is 5.78 Å². The van der Waals surface area contributed by atoms with Crippen molar-refractivity contribution in [2.24, 2.45) is 0 Å². The SMILES string of the molecule is CC(=O)/C=C(/NNC(=O)c1cccc(Br)c1)c1ccccc1. The molecule has 0 saturated carbocycles. The van der Waals surface area contributed by atoms with Crippen molar-refractivity contribution in [1.82, 2.24) is 10.9 Å². The lowest BCUT2D eigenvalue weighted by Gasteiger charge is -2.12. The van der Waals surface area contributed by atoms with Crippen molar-refractivity contribution < 1.29 is 9.59 Å². The molecule has 0 atom stereocenters. The van der Waals surface area contributed by atoms with Crippen LogP contribution in [0.1, 0.15) is 22.8 Å². The number of halogens is 1. The Labute approximate surface area is 137 Å². The normalized spacial score (nSPS) is 10.9. The summed E-state index contributed by atoms with van der Waals surface area (Å²) in [7, 11) is 0. The number of nitrogens with one attached hydrogen (secondary N) is 2. The molecule has 0 spiro atoms. The molecule has 22 heavy (non-hydrogen) atoms. The van der Waals surface area contributed by atoms with E-state index in [1.54, 1.807) is 18.2 Å². The number of benzene rings is 2. The predicted molar refractivity (Wildman–Crippen MR) is 89.8 cm³/mol. The molecule has 112 valence electrons. The molecule has 0 unspecified atom stereocenters. The maximum Gasteiger partial charge on any atom is 0.269 e. The second-order valence-corrected chi connectivity index (χ2v) is 5.54. The van der Waals surface area contributed by atoms with E-state index in [0.29, 0.717) is 11.3 Å². The Morgan fingerprint density at radius 2 is 1.64 bits per heavy atom. The average Bonchev–Trinajstić information content (AvgIpc) is 2.51. The summed E-state index contributed by atoms with van der Waals surface area (Å²) in [6.07, 6.45) is 1.44. The molecule has 4 nitrogen and oxygen atoms in total. The van der Waals surface area contributed by atoms with Gasteiger partial charge in [0.25, 0.3) is 5.91 Å². The minimum Gasteiger partial charge on any atom is -0.298 e. The van der Waals surface area contributed by atoms with Gasteiger partial charge in [-0.1, -0.05) is 52.3 Å². The molecular formula is C17H15BrN2O2. The fourth-order valence-corrected chi connectivity index (χ4v) is 2.24. The van der Waals surface area contributed by atoms with Crippen molar-refractivity contribution in [3.8, 4) is 0 Å². The van der Waals surface area contributed by atoms with Gasteiger partial charge < -0.3 is 0 Å². The number of hydrogen-bond acceptors (Lipinski definition) is 3. The summed E-state index contributed by atoms with van der Waals surface area (Å²) >= 11 is 3.32. The highest BCUT2D eigenvalue weighted by atomic mass is 79.9. The van der Waals surface area contributed by atoms with Crippen LogP contribution in [0.2, 0.25) is 0 Å². The lowest BCUT2D eigenvalue weighted by molar-refractivity contribution is -0.112. The summed E-state index contributed by atoms with van der Waals surface area (Å²) in [5.41, 5.74) is 7.27. The maximum atomic E-state index is 12.1. The van der Waals surface area contributed by atoms with Gasteiger partial charge in [0.2, 0.25) is 0 Å². The van der Waals surface area contributed by atoms with Gasteiger partial charge in [-0.3, -0.25) is 20.4 Å². The number of carbonyl (C=O) groups is 2. The van der Waals surface area contributed by atoms with Crippen LogP contribution >= 0.6 is 15.9 Å². The Balaban J connectivity index is 2.12. The molecule has 0 fully saturated rings. The third kappa shape index (κ3) is 4.56. The van der Waals surface area contributed by atoms with Crippen LogP contribution in [0.15, 0.2) is 65.1 Å². The van der Waals surface area contributed by atoms with Crippen LogP contribution in [-0.4, -0.2) is 11.7 Å². The Hall–Kier alpha value is -2.40. The lowest BCUT2D eigenvalue weighted by Crippen LogP contribution is -2.36. The van der Waals surface area contributed by atoms with E-state index in [2.05, 4.69) is 26.8 Å². The van der Waals surface area contributed by atoms with E-state index >= 15 is 0 Å². The molecule has 5 heteroatoms. The molecule has 2 aromatic carbocycles. The van der Waals surface area contributed by atoms with Crippen molar-refractivity contribution in [3.05, 3.63) is 76.3 Å². The zero-order valence-electron chi connectivity index (χ0n) is 12.0. The first-order chi connectivity index (χ1) is 10.6. The van der Waals surface area contributed by atoms with Gasteiger partial charge in [0.1, 0.15) is 0 Å². The zero-order valence-corrected chi connectivity index (χ0v) is 13.6. The average molecular weight is 359 g/mol. The second-order valence-electron chi connectivity index (χ2n) is 4.62. The Morgan fingerprint density at radius 1 is 0.955 bits per heavy atom. The molecule has 0 aliphatic rings. The summed E-state index contributed by atoms with van der Waals surface area (Å²) in [4.78, 5) is 23.5. The molecule has 0 aliphatic heterocycles. The van der Waals surface area contributed by atoms with Gasteiger partial charge in [-0.15, -0.1) is 0 Å². The summed E-state index contributed by atoms with van der Waals surface area (Å²) in [5, 5.41) is 0. The topological polar surface area (TPSA) is 58.2 Å². The van der Waals surface area contributed by atoms with Crippen molar-refractivity contribution in [3.63, 3.8) is 0 Å². The summed E-state index contributed by atoms with van der Waals surface area (Å²) < 4.78 is 0.822. The van der Waals surface area contributed by atoms with Gasteiger partial charge in [0, 0.05) is 16.1 Å². The molecule has 0 aliphatic carbocycles. The van der Waals surface area contributed by atoms with Gasteiger partial charge in [-0.25, -0.2) is 0 Å². The number of hydrogen-bond donors (Lipinski definition) is 2. The monoisotopic (exact) mass is 358 g/mol. The van der Waals surface area contributed by atoms with Crippen molar-refractivity contribution in [2.75, 3.05) is 0 Å². The first-order valence-electron chi connectivity index (χ1n) is 6.66. The van der Waals surface area contributed by atoms with Crippen molar-refractivity contribution in [1.29, 1.82) is 0 Å². The van der Waals surface area contributed by atoms with Crippen LogP contribution in [0.4, 0.5) is 0 Å². The number of rotatable bonds is 5. The lowest BCUT2D eigenvalue weighted by atomic mass is 10.1. The number of allylic oxidation sites excluding steroid dienone is 1. The Bertz CT molecular complexity index is 712. The Morgan fingerprint density at radius 3 is 2.27 bits per heavy atom. The van der Waals surface area contributed by atoms with Crippen LogP contribution in [0.3, 0.4) is 0 Å². The van der Waals surface area contributed by atoms with E-state index in [9.17, 15) is 9.59 Å². The first-order valence-corrected chi connectivity index (χ1v) is 7.45. The molecular weight excluding hydrogens is 344 g/mol. The molecule has 2 rings (SSSR count). The number of carbonyl (C=O) groups excluding carboxylic acids is 2. The molecule has 2 aromatic rings. The maximum absolute atomic E-state index is 12.1. The van der Waals surface area contributed by atoms with Gasteiger partial charge >= 0.3 is 0 Å². The summed E-state index contributed by atoms with van der Waals surface area (Å²) in [5.74, 6) is -0.394. The standard InChI is InChI=1S/C17H15BrN2O2/c1-12(21)10-16(13-6-3-2-4-7-13)19-20-17(22)14-8-5-9-15(18)11-14/h2-11,19H,1H3,(H,20,22)/b16-10+. The van der Waals surface area contributed by atoms with E-state index in [-0.39, 0.29) is 11.7 Å². The third-order valence-corrected chi connectivity index (χ3v) is 3.32. The molecule has 1 amide bonds. The fourth-order valence-electron chi connectivity index (χ4n) is 1.84. The van der Waals surface area contributed by atoms with E-state index < -0.39 is 0 Å². The van der Waals surface area contributed by atoms with Crippen molar-refractivity contribution in [2.45, 2.75) is 6.92 Å². The summed E-state index contributed by atoms with van der Waals surface area (Å²) in [6.45, 7) is 1.46. The van der Waals surface area contributed by atoms with Crippen LogP contribution in [-0.2, 0) is 4.79 Å². The van der Waals surface area contributed by atoms with Crippen LogP contribution in [0, 0.1) is 0 Å². The second kappa shape index (κ2) is 7.56. The molecule has 0 heterocycles. The highest BCUT2D eigenvalue weighted by molar-refractivity contribution is 9.10. The van der Waals surface area contributed by atoms with Crippen molar-refractivity contribution >= 4 is 33.3 Å². The van der Waals surface area contributed by atoms with E-state index in [1.807, 2.05) is 36.4 Å². The zero-order chi connectivity index (χ0) is 15.9. The minimum absolute atomic E-state index is 0.108. The molecule has 0 bridgehead atoms. The van der Waals surface area contributed by atoms with Crippen LogP contribution < -0.4 is 10.9 Å². The quantitative estimate of drug-likeness (QED) is 0.636. The molecule has 0 saturated heterocycles. The number of ketones is 1.